The van der Waals surface area contributed by atoms with E-state index in [0.29, 0.717) is 12.5 Å². The second kappa shape index (κ2) is 8.55. The maximum Gasteiger partial charge on any atom is 0.0914 e. The van der Waals surface area contributed by atoms with Crippen LogP contribution in [0, 0.1) is 11.8 Å². The van der Waals surface area contributed by atoms with Crippen LogP contribution < -0.4 is 5.32 Å². The summed E-state index contributed by atoms with van der Waals surface area (Å²) in [5.74, 6) is 1.50. The third-order valence-corrected chi connectivity index (χ3v) is 4.50. The van der Waals surface area contributed by atoms with Gasteiger partial charge in [0.1, 0.15) is 0 Å². The van der Waals surface area contributed by atoms with Crippen LogP contribution in [0.3, 0.4) is 0 Å². The van der Waals surface area contributed by atoms with Crippen LogP contribution in [0.25, 0.3) is 0 Å². The van der Waals surface area contributed by atoms with E-state index in [1.165, 1.54) is 37.7 Å². The summed E-state index contributed by atoms with van der Waals surface area (Å²) in [4.78, 5) is 0. The van der Waals surface area contributed by atoms with Crippen LogP contribution in [0.2, 0.25) is 0 Å². The van der Waals surface area contributed by atoms with Crippen molar-refractivity contribution in [1.29, 1.82) is 0 Å². The first-order chi connectivity index (χ1) is 10.1. The largest absolute Gasteiger partial charge is 0.387 e. The number of rotatable bonds is 7. The molecule has 1 aliphatic carbocycles. The molecule has 0 aromatic heterocycles. The molecule has 21 heavy (non-hydrogen) atoms. The van der Waals surface area contributed by atoms with E-state index >= 15 is 0 Å². The van der Waals surface area contributed by atoms with Gasteiger partial charge in [-0.2, -0.15) is 0 Å². The lowest BCUT2D eigenvalue weighted by Crippen LogP contribution is -2.28. The molecular formula is C19H31NO. The minimum atomic E-state index is -0.387. The predicted molar refractivity (Wildman–Crippen MR) is 89.4 cm³/mol. The third kappa shape index (κ3) is 5.80. The molecule has 0 bridgehead atoms. The Hall–Kier alpha value is -0.860. The van der Waals surface area contributed by atoms with Gasteiger partial charge >= 0.3 is 0 Å². The standard InChI is InChI=1S/C19H31NO/c1-15(2)12-16-8-10-18(11-9-16)19(21)14-20-13-17-6-4-3-5-7-17/h8-11,15,17,19-21H,3-7,12-14H2,1-2H3. The van der Waals surface area contributed by atoms with Gasteiger partial charge in [0.15, 0.2) is 0 Å². The van der Waals surface area contributed by atoms with Gasteiger partial charge in [-0.1, -0.05) is 57.4 Å². The number of nitrogens with one attached hydrogen (secondary N) is 1. The quantitative estimate of drug-likeness (QED) is 0.792. The molecule has 0 spiro atoms. The van der Waals surface area contributed by atoms with Gasteiger partial charge in [-0.05, 0) is 48.8 Å². The molecule has 0 saturated heterocycles. The minimum Gasteiger partial charge on any atom is -0.387 e. The Kier molecular flexibility index (Phi) is 6.72. The summed E-state index contributed by atoms with van der Waals surface area (Å²) in [6.45, 7) is 6.19. The van der Waals surface area contributed by atoms with E-state index in [0.717, 1.165) is 24.4 Å². The summed E-state index contributed by atoms with van der Waals surface area (Å²) in [7, 11) is 0. The zero-order valence-corrected chi connectivity index (χ0v) is 13.6. The fraction of sp³-hybridized carbons (Fsp3) is 0.684. The number of benzene rings is 1. The van der Waals surface area contributed by atoms with E-state index in [9.17, 15) is 5.11 Å². The molecule has 2 nitrogen and oxygen atoms in total. The Morgan fingerprint density at radius 2 is 1.76 bits per heavy atom. The Morgan fingerprint density at radius 3 is 2.38 bits per heavy atom. The van der Waals surface area contributed by atoms with E-state index in [-0.39, 0.29) is 6.10 Å². The fourth-order valence-electron chi connectivity index (χ4n) is 3.28. The highest BCUT2D eigenvalue weighted by molar-refractivity contribution is 5.24. The van der Waals surface area contributed by atoms with Crippen molar-refractivity contribution in [3.05, 3.63) is 35.4 Å². The average Bonchev–Trinajstić information content (AvgIpc) is 2.48. The van der Waals surface area contributed by atoms with E-state index < -0.39 is 0 Å². The Morgan fingerprint density at radius 1 is 1.10 bits per heavy atom. The van der Waals surface area contributed by atoms with Crippen molar-refractivity contribution in [2.75, 3.05) is 13.1 Å². The molecule has 1 aromatic carbocycles. The molecular weight excluding hydrogens is 258 g/mol. The smallest absolute Gasteiger partial charge is 0.0914 e. The van der Waals surface area contributed by atoms with Gasteiger partial charge in [0, 0.05) is 6.54 Å². The summed E-state index contributed by atoms with van der Waals surface area (Å²) in [6, 6.07) is 8.45. The maximum absolute atomic E-state index is 10.3. The summed E-state index contributed by atoms with van der Waals surface area (Å²) in [5.41, 5.74) is 2.38. The Balaban J connectivity index is 1.73. The SMILES string of the molecule is CC(C)Cc1ccc(C(O)CNCC2CCCCC2)cc1. The normalized spacial score (nSPS) is 18.1. The summed E-state index contributed by atoms with van der Waals surface area (Å²) >= 11 is 0. The molecule has 1 aromatic rings. The van der Waals surface area contributed by atoms with Gasteiger partial charge in [-0.15, -0.1) is 0 Å². The lowest BCUT2D eigenvalue weighted by molar-refractivity contribution is 0.171. The fourth-order valence-corrected chi connectivity index (χ4v) is 3.28. The average molecular weight is 289 g/mol. The first-order valence-corrected chi connectivity index (χ1v) is 8.62. The van der Waals surface area contributed by atoms with Crippen molar-refractivity contribution in [3.63, 3.8) is 0 Å². The molecule has 1 fully saturated rings. The lowest BCUT2D eigenvalue weighted by atomic mass is 9.89. The van der Waals surface area contributed by atoms with Gasteiger partial charge in [0.2, 0.25) is 0 Å². The topological polar surface area (TPSA) is 32.3 Å². The number of hydrogen-bond donors (Lipinski definition) is 2. The lowest BCUT2D eigenvalue weighted by Gasteiger charge is -2.22. The van der Waals surface area contributed by atoms with Gasteiger partial charge < -0.3 is 10.4 Å². The molecule has 2 N–H and O–H groups in total. The molecule has 2 rings (SSSR count). The molecule has 1 saturated carbocycles. The monoisotopic (exact) mass is 289 g/mol. The second-order valence-electron chi connectivity index (χ2n) is 7.02. The van der Waals surface area contributed by atoms with Gasteiger partial charge in [-0.25, -0.2) is 0 Å². The molecule has 1 aliphatic rings. The molecule has 0 heterocycles. The predicted octanol–water partition coefficient (Wildman–Crippen LogP) is 4.09. The molecule has 118 valence electrons. The summed E-state index contributed by atoms with van der Waals surface area (Å²) in [5, 5.41) is 13.7. The van der Waals surface area contributed by atoms with Gasteiger partial charge in [0.05, 0.1) is 6.10 Å². The molecule has 0 radical (unpaired) electrons. The Bertz CT molecular complexity index is 393. The molecule has 0 amide bonds. The van der Waals surface area contributed by atoms with E-state index in [1.54, 1.807) is 0 Å². The van der Waals surface area contributed by atoms with Crippen LogP contribution in [-0.2, 0) is 6.42 Å². The first kappa shape index (κ1) is 16.5. The molecule has 1 atom stereocenters. The van der Waals surface area contributed by atoms with Crippen LogP contribution in [0.15, 0.2) is 24.3 Å². The van der Waals surface area contributed by atoms with Crippen LogP contribution in [0.5, 0.6) is 0 Å². The van der Waals surface area contributed by atoms with Gasteiger partial charge in [-0.3, -0.25) is 0 Å². The van der Waals surface area contributed by atoms with Crippen molar-refractivity contribution in [3.8, 4) is 0 Å². The van der Waals surface area contributed by atoms with E-state index in [4.69, 9.17) is 0 Å². The highest BCUT2D eigenvalue weighted by Gasteiger charge is 2.14. The van der Waals surface area contributed by atoms with Gasteiger partial charge in [0.25, 0.3) is 0 Å². The number of hydrogen-bond acceptors (Lipinski definition) is 2. The first-order valence-electron chi connectivity index (χ1n) is 8.62. The van der Waals surface area contributed by atoms with Crippen molar-refractivity contribution in [2.24, 2.45) is 11.8 Å². The maximum atomic E-state index is 10.3. The van der Waals surface area contributed by atoms with Crippen LogP contribution >= 0.6 is 0 Å². The van der Waals surface area contributed by atoms with Crippen LogP contribution in [-0.4, -0.2) is 18.2 Å². The summed E-state index contributed by atoms with van der Waals surface area (Å²) in [6.07, 6.45) is 7.60. The van der Waals surface area contributed by atoms with Crippen molar-refractivity contribution >= 4 is 0 Å². The molecule has 2 heteroatoms. The summed E-state index contributed by atoms with van der Waals surface area (Å²) < 4.78 is 0. The van der Waals surface area contributed by atoms with Crippen molar-refractivity contribution < 1.29 is 5.11 Å². The van der Waals surface area contributed by atoms with Crippen molar-refractivity contribution in [2.45, 2.75) is 58.5 Å². The molecule has 0 aliphatic heterocycles. The Labute approximate surface area is 130 Å². The van der Waals surface area contributed by atoms with Crippen LogP contribution in [0.1, 0.15) is 63.2 Å². The number of aliphatic hydroxyl groups excluding tert-OH is 1. The highest BCUT2D eigenvalue weighted by atomic mass is 16.3. The van der Waals surface area contributed by atoms with E-state index in [2.05, 4.69) is 43.4 Å². The highest BCUT2D eigenvalue weighted by Crippen LogP contribution is 2.23. The zero-order chi connectivity index (χ0) is 15.1. The minimum absolute atomic E-state index is 0.387. The molecule has 1 unspecified atom stereocenters. The zero-order valence-electron chi connectivity index (χ0n) is 13.6. The van der Waals surface area contributed by atoms with Crippen LogP contribution in [0.4, 0.5) is 0 Å². The third-order valence-electron chi connectivity index (χ3n) is 4.50. The van der Waals surface area contributed by atoms with E-state index in [1.807, 2.05) is 0 Å². The number of aliphatic hydroxyl groups is 1. The van der Waals surface area contributed by atoms with Crippen molar-refractivity contribution in [1.82, 2.24) is 5.32 Å². The second-order valence-corrected chi connectivity index (χ2v) is 7.02.